The van der Waals surface area contributed by atoms with E-state index in [9.17, 15) is 18.3 Å². The van der Waals surface area contributed by atoms with Gasteiger partial charge in [0.15, 0.2) is 0 Å². The van der Waals surface area contributed by atoms with Gasteiger partial charge in [0.05, 0.1) is 35.6 Å². The Morgan fingerprint density at radius 1 is 1.06 bits per heavy atom. The van der Waals surface area contributed by atoms with Crippen LogP contribution in [-0.4, -0.2) is 22.9 Å². The van der Waals surface area contributed by atoms with E-state index in [0.29, 0.717) is 41.5 Å². The van der Waals surface area contributed by atoms with Crippen LogP contribution in [0.1, 0.15) is 35.1 Å². The van der Waals surface area contributed by atoms with E-state index in [0.717, 1.165) is 23.3 Å². The summed E-state index contributed by atoms with van der Waals surface area (Å²) in [6, 6.07) is 12.3. The van der Waals surface area contributed by atoms with Crippen molar-refractivity contribution in [2.45, 2.75) is 38.7 Å². The maximum atomic E-state index is 12.9. The van der Waals surface area contributed by atoms with E-state index >= 15 is 0 Å². The summed E-state index contributed by atoms with van der Waals surface area (Å²) < 4.78 is 44.7. The van der Waals surface area contributed by atoms with E-state index in [1.54, 1.807) is 6.08 Å². The van der Waals surface area contributed by atoms with Crippen molar-refractivity contribution in [1.82, 2.24) is 0 Å². The Kier molecular flexibility index (Phi) is 7.57. The molecule has 0 aromatic heterocycles. The maximum absolute atomic E-state index is 12.9. The van der Waals surface area contributed by atoms with Crippen LogP contribution < -0.4 is 0 Å². The zero-order valence-electron chi connectivity index (χ0n) is 19.0. The number of halogens is 4. The van der Waals surface area contributed by atoms with E-state index in [2.05, 4.69) is 9.98 Å². The van der Waals surface area contributed by atoms with Crippen LogP contribution in [0.3, 0.4) is 0 Å². The molecule has 2 aliphatic rings. The Balaban J connectivity index is 1.53. The van der Waals surface area contributed by atoms with Crippen molar-refractivity contribution >= 4 is 23.3 Å². The number of benzene rings is 2. The fourth-order valence-electron chi connectivity index (χ4n) is 3.94. The number of hydrogen-bond acceptors (Lipinski definition) is 3. The van der Waals surface area contributed by atoms with Crippen molar-refractivity contribution < 1.29 is 23.0 Å². The standard InChI is InChI=1S/C27H24ClF3N2O2/c1-17-8-10-18(11-9-17)16-35-24-7-2-4-21(28)25(24)23-6-3-5-22(32-26(34)33-23)19-12-14-20(15-13-19)27(29,30)31/h2,4,6-15,24-25H,3,5,16H2,1H3,(H,33,34)/b23-6-,32-22-. The first-order chi connectivity index (χ1) is 16.7. The Labute approximate surface area is 206 Å². The van der Waals surface area contributed by atoms with Crippen LogP contribution in [-0.2, 0) is 17.5 Å². The van der Waals surface area contributed by atoms with Crippen molar-refractivity contribution in [1.29, 1.82) is 0 Å². The van der Waals surface area contributed by atoms with Crippen LogP contribution in [0.25, 0.3) is 0 Å². The predicted molar refractivity (Wildman–Crippen MR) is 132 cm³/mol. The van der Waals surface area contributed by atoms with Gasteiger partial charge in [0, 0.05) is 5.03 Å². The lowest BCUT2D eigenvalue weighted by atomic mass is 9.92. The van der Waals surface area contributed by atoms with Crippen molar-refractivity contribution in [3.63, 3.8) is 0 Å². The molecule has 4 rings (SSSR count). The molecule has 2 atom stereocenters. The van der Waals surface area contributed by atoms with E-state index in [1.807, 2.05) is 49.4 Å². The summed E-state index contributed by atoms with van der Waals surface area (Å²) >= 11 is 6.54. The van der Waals surface area contributed by atoms with E-state index < -0.39 is 29.8 Å². The van der Waals surface area contributed by atoms with Gasteiger partial charge >= 0.3 is 12.2 Å². The summed E-state index contributed by atoms with van der Waals surface area (Å²) in [6.45, 7) is 2.40. The molecule has 1 N–H and O–H groups in total. The quantitative estimate of drug-likeness (QED) is 0.468. The zero-order valence-corrected chi connectivity index (χ0v) is 19.7. The number of aryl methyl sites for hydroxylation is 1. The van der Waals surface area contributed by atoms with Gasteiger partial charge in [0.1, 0.15) is 0 Å². The van der Waals surface area contributed by atoms with Crippen LogP contribution in [0.4, 0.5) is 13.2 Å². The summed E-state index contributed by atoms with van der Waals surface area (Å²) in [6.07, 6.45) is 3.46. The first-order valence-electron chi connectivity index (χ1n) is 11.1. The highest BCUT2D eigenvalue weighted by molar-refractivity contribution is 6.30. The number of aliphatic hydroxyl groups is 1. The highest BCUT2D eigenvalue weighted by Crippen LogP contribution is 2.35. The number of amidine groups is 1. The number of nitrogens with zero attached hydrogens (tertiary/aromatic N) is 2. The van der Waals surface area contributed by atoms with Gasteiger partial charge in [-0.05, 0) is 49.1 Å². The summed E-state index contributed by atoms with van der Waals surface area (Å²) in [5.41, 5.74) is 2.92. The Bertz CT molecular complexity index is 1210. The molecule has 0 fully saturated rings. The average Bonchev–Trinajstić information content (AvgIpc) is 2.80. The Morgan fingerprint density at radius 2 is 1.77 bits per heavy atom. The van der Waals surface area contributed by atoms with E-state index in [1.165, 1.54) is 12.1 Å². The number of allylic oxidation sites excluding steroid dienone is 3. The molecule has 2 unspecified atom stereocenters. The minimum atomic E-state index is -4.41. The molecule has 1 aliphatic heterocycles. The summed E-state index contributed by atoms with van der Waals surface area (Å²) in [4.78, 5) is 8.46. The van der Waals surface area contributed by atoms with Crippen LogP contribution in [0.5, 0.6) is 0 Å². The number of rotatable bonds is 5. The van der Waals surface area contributed by atoms with Crippen LogP contribution in [0.2, 0.25) is 0 Å². The van der Waals surface area contributed by atoms with Gasteiger partial charge < -0.3 is 9.84 Å². The van der Waals surface area contributed by atoms with E-state index in [-0.39, 0.29) is 0 Å². The molecule has 1 aliphatic carbocycles. The first-order valence-corrected chi connectivity index (χ1v) is 11.5. The van der Waals surface area contributed by atoms with Gasteiger partial charge in [0.2, 0.25) is 0 Å². The lowest BCUT2D eigenvalue weighted by Gasteiger charge is -2.28. The molecule has 35 heavy (non-hydrogen) atoms. The number of ether oxygens (including phenoxy) is 1. The second kappa shape index (κ2) is 10.6. The Hall–Kier alpha value is -3.16. The zero-order chi connectivity index (χ0) is 25.0. The molecule has 0 bridgehead atoms. The second-order valence-electron chi connectivity index (χ2n) is 8.39. The molecule has 0 saturated heterocycles. The number of aliphatic imine (C=N–C) groups is 2. The van der Waals surface area contributed by atoms with Crippen LogP contribution >= 0.6 is 11.6 Å². The predicted octanol–water partition coefficient (Wildman–Crippen LogP) is 7.29. The highest BCUT2D eigenvalue weighted by atomic mass is 35.5. The topological polar surface area (TPSA) is 54.2 Å². The van der Waals surface area contributed by atoms with Gasteiger partial charge in [-0.15, -0.1) is 0 Å². The van der Waals surface area contributed by atoms with Crippen molar-refractivity contribution in [2.24, 2.45) is 15.9 Å². The molecule has 0 spiro atoms. The van der Waals surface area contributed by atoms with Crippen molar-refractivity contribution in [3.05, 3.63) is 106 Å². The molecule has 0 radical (unpaired) electrons. The summed E-state index contributed by atoms with van der Waals surface area (Å²) in [7, 11) is 0. The monoisotopic (exact) mass is 500 g/mol. The smallest absolute Gasteiger partial charge is 0.416 e. The average molecular weight is 501 g/mol. The number of hydrogen-bond donors (Lipinski definition) is 1. The van der Waals surface area contributed by atoms with Gasteiger partial charge in [-0.3, -0.25) is 0 Å². The second-order valence-corrected chi connectivity index (χ2v) is 8.82. The van der Waals surface area contributed by atoms with Crippen LogP contribution in [0, 0.1) is 12.8 Å². The maximum Gasteiger partial charge on any atom is 0.416 e. The fourth-order valence-corrected chi connectivity index (χ4v) is 4.25. The summed E-state index contributed by atoms with van der Waals surface area (Å²) in [5.74, 6) is -0.419. The third-order valence-electron chi connectivity index (χ3n) is 5.81. The highest BCUT2D eigenvalue weighted by Gasteiger charge is 2.31. The molecule has 2 aromatic rings. The largest absolute Gasteiger partial charge is 0.479 e. The Morgan fingerprint density at radius 3 is 2.46 bits per heavy atom. The lowest BCUT2D eigenvalue weighted by molar-refractivity contribution is -0.137. The first kappa shape index (κ1) is 24.9. The molecule has 0 saturated carbocycles. The molecule has 8 heteroatoms. The number of alkyl halides is 3. The van der Waals surface area contributed by atoms with Gasteiger partial charge in [0.25, 0.3) is 0 Å². The molecule has 0 amide bonds. The molecule has 182 valence electrons. The van der Waals surface area contributed by atoms with E-state index in [4.69, 9.17) is 16.3 Å². The SMILES string of the molecule is Cc1ccc(COC2C=CC=C(Cl)C2C2=C/CC/C(c3ccc(C(F)(F)F)cc3)=N/C(O)=N\2)cc1. The number of aliphatic hydroxyl groups excluding tert-OH is 1. The third kappa shape index (κ3) is 6.29. The molecular weight excluding hydrogens is 477 g/mol. The minimum absolute atomic E-state index is 0.384. The molecular formula is C27H24ClF3N2O2. The fraction of sp³-hybridized carbons (Fsp3) is 0.259. The molecule has 1 heterocycles. The normalized spacial score (nSPS) is 25.3. The third-order valence-corrected chi connectivity index (χ3v) is 6.17. The lowest BCUT2D eigenvalue weighted by Crippen LogP contribution is -2.26. The van der Waals surface area contributed by atoms with Gasteiger partial charge in [-0.1, -0.05) is 71.8 Å². The minimum Gasteiger partial charge on any atom is -0.479 e. The van der Waals surface area contributed by atoms with Crippen molar-refractivity contribution in [2.75, 3.05) is 0 Å². The van der Waals surface area contributed by atoms with Gasteiger partial charge in [-0.25, -0.2) is 4.99 Å². The summed E-state index contributed by atoms with van der Waals surface area (Å²) in [5, 5.41) is 11.0. The molecule has 2 aromatic carbocycles. The molecule has 4 nitrogen and oxygen atoms in total. The van der Waals surface area contributed by atoms with Crippen molar-refractivity contribution in [3.8, 4) is 0 Å². The van der Waals surface area contributed by atoms with Crippen LogP contribution in [0.15, 0.2) is 93.5 Å². The van der Waals surface area contributed by atoms with Gasteiger partial charge in [-0.2, -0.15) is 18.2 Å².